The monoisotopic (exact) mass is 298 g/mol. The Morgan fingerprint density at radius 3 is 3.00 bits per heavy atom. The van der Waals surface area contributed by atoms with Gasteiger partial charge in [-0.15, -0.1) is 0 Å². The van der Waals surface area contributed by atoms with Gasteiger partial charge < -0.3 is 14.6 Å². The van der Waals surface area contributed by atoms with Crippen molar-refractivity contribution in [2.45, 2.75) is 18.4 Å². The number of nitrogens with zero attached hydrogens (tertiary/aromatic N) is 1. The molecule has 1 N–H and O–H groups in total. The first-order valence-corrected chi connectivity index (χ1v) is 7.41. The number of nitrogens with one attached hydrogen (secondary N) is 1. The highest BCUT2D eigenvalue weighted by atomic mass is 16.7. The van der Waals surface area contributed by atoms with Crippen molar-refractivity contribution in [2.24, 2.45) is 0 Å². The largest absolute Gasteiger partial charge is 0.466 e. The molecule has 4 rings (SSSR count). The maximum atomic E-state index is 12.0. The van der Waals surface area contributed by atoms with Crippen LogP contribution < -0.4 is 0 Å². The predicted molar refractivity (Wildman–Crippen MR) is 82.3 cm³/mol. The summed E-state index contributed by atoms with van der Waals surface area (Å²) in [5, 5.41) is 3.17. The third-order valence-corrected chi connectivity index (χ3v) is 4.78. The minimum atomic E-state index is -0.285. The van der Waals surface area contributed by atoms with Gasteiger partial charge in [-0.25, -0.2) is 4.79 Å². The number of esters is 1. The Kier molecular flexibility index (Phi) is 3.06. The van der Waals surface area contributed by atoms with Crippen LogP contribution in [0.5, 0.6) is 0 Å². The molecule has 0 saturated carbocycles. The molecule has 2 aromatic rings. The van der Waals surface area contributed by atoms with E-state index in [1.54, 1.807) is 7.11 Å². The summed E-state index contributed by atoms with van der Waals surface area (Å²) < 4.78 is 4.89. The van der Waals surface area contributed by atoms with Crippen molar-refractivity contribution < 1.29 is 14.4 Å². The van der Waals surface area contributed by atoms with E-state index in [1.807, 2.05) is 5.06 Å². The van der Waals surface area contributed by atoms with Crippen LogP contribution in [0.1, 0.15) is 17.0 Å². The zero-order valence-corrected chi connectivity index (χ0v) is 12.6. The summed E-state index contributed by atoms with van der Waals surface area (Å²) in [6.45, 7) is 0.458. The fraction of sp³-hybridized carbons (Fsp3) is 0.353. The number of benzene rings is 1. The van der Waals surface area contributed by atoms with E-state index < -0.39 is 0 Å². The van der Waals surface area contributed by atoms with Gasteiger partial charge in [-0.1, -0.05) is 18.2 Å². The van der Waals surface area contributed by atoms with Crippen LogP contribution in [-0.2, 0) is 20.8 Å². The normalized spacial score (nSPS) is 24.0. The van der Waals surface area contributed by atoms with Crippen molar-refractivity contribution in [3.63, 3.8) is 0 Å². The third-order valence-electron chi connectivity index (χ3n) is 4.78. The summed E-state index contributed by atoms with van der Waals surface area (Å²) in [4.78, 5) is 20.8. The van der Waals surface area contributed by atoms with Gasteiger partial charge in [-0.2, -0.15) is 5.06 Å². The van der Waals surface area contributed by atoms with Gasteiger partial charge in [0.15, 0.2) is 0 Å². The highest BCUT2D eigenvalue weighted by Gasteiger charge is 2.39. The van der Waals surface area contributed by atoms with Crippen LogP contribution >= 0.6 is 0 Å². The highest BCUT2D eigenvalue weighted by Crippen LogP contribution is 2.42. The van der Waals surface area contributed by atoms with E-state index in [-0.39, 0.29) is 17.9 Å². The summed E-state index contributed by atoms with van der Waals surface area (Å²) >= 11 is 0. The molecule has 2 unspecified atom stereocenters. The van der Waals surface area contributed by atoms with Gasteiger partial charge in [0.05, 0.1) is 32.4 Å². The second-order valence-corrected chi connectivity index (χ2v) is 5.82. The van der Waals surface area contributed by atoms with Crippen molar-refractivity contribution in [3.05, 3.63) is 47.2 Å². The quantitative estimate of drug-likeness (QED) is 0.863. The van der Waals surface area contributed by atoms with E-state index >= 15 is 0 Å². The number of hydrogen-bond acceptors (Lipinski definition) is 4. The van der Waals surface area contributed by atoms with Gasteiger partial charge in [0.1, 0.15) is 0 Å². The van der Waals surface area contributed by atoms with Gasteiger partial charge in [-0.05, 0) is 23.6 Å². The number of H-pyrrole nitrogens is 1. The van der Waals surface area contributed by atoms with Crippen molar-refractivity contribution in [1.29, 1.82) is 0 Å². The van der Waals surface area contributed by atoms with Crippen LogP contribution in [0.15, 0.2) is 36.0 Å². The molecule has 5 heteroatoms. The highest BCUT2D eigenvalue weighted by molar-refractivity contribution is 5.91. The maximum Gasteiger partial charge on any atom is 0.334 e. The number of aromatic nitrogens is 1. The first kappa shape index (κ1) is 13.5. The van der Waals surface area contributed by atoms with Crippen LogP contribution in [-0.4, -0.2) is 42.8 Å². The molecule has 0 spiro atoms. The summed E-state index contributed by atoms with van der Waals surface area (Å²) in [5.74, 6) is -0.151. The molecule has 0 bridgehead atoms. The Labute approximate surface area is 128 Å². The van der Waals surface area contributed by atoms with Gasteiger partial charge in [0.25, 0.3) is 0 Å². The molecule has 0 amide bonds. The average Bonchev–Trinajstić information content (AvgIpc) is 2.98. The zero-order chi connectivity index (χ0) is 15.3. The SMILES string of the molecule is COC(=O)C1=CC2c3cccc4[nH]cc(c34)CC2N(OC)C1. The minimum Gasteiger partial charge on any atom is -0.466 e. The lowest BCUT2D eigenvalue weighted by atomic mass is 9.77. The van der Waals surface area contributed by atoms with E-state index in [0.29, 0.717) is 12.1 Å². The summed E-state index contributed by atoms with van der Waals surface area (Å²) in [6, 6.07) is 6.48. The molecular formula is C17H18N2O3. The van der Waals surface area contributed by atoms with Crippen LogP contribution in [0.3, 0.4) is 0 Å². The average molecular weight is 298 g/mol. The van der Waals surface area contributed by atoms with Crippen molar-refractivity contribution in [3.8, 4) is 0 Å². The molecule has 1 aliphatic carbocycles. The predicted octanol–water partition coefficient (Wildman–Crippen LogP) is 2.15. The molecule has 0 saturated heterocycles. The van der Waals surface area contributed by atoms with E-state index in [1.165, 1.54) is 23.6 Å². The van der Waals surface area contributed by atoms with E-state index in [4.69, 9.17) is 9.57 Å². The van der Waals surface area contributed by atoms with E-state index in [9.17, 15) is 4.79 Å². The van der Waals surface area contributed by atoms with Gasteiger partial charge in [0, 0.05) is 23.0 Å². The molecule has 2 atom stereocenters. The van der Waals surface area contributed by atoms with Crippen LogP contribution in [0.25, 0.3) is 10.9 Å². The summed E-state index contributed by atoms with van der Waals surface area (Å²) in [5.41, 5.74) is 4.35. The molecule has 1 aliphatic heterocycles. The number of rotatable bonds is 2. The lowest BCUT2D eigenvalue weighted by Gasteiger charge is -2.40. The molecule has 1 aromatic heterocycles. The fourth-order valence-corrected chi connectivity index (χ4v) is 3.78. The molecule has 0 radical (unpaired) electrons. The molecule has 22 heavy (non-hydrogen) atoms. The van der Waals surface area contributed by atoms with Gasteiger partial charge >= 0.3 is 5.97 Å². The maximum absolute atomic E-state index is 12.0. The number of carbonyl (C=O) groups is 1. The van der Waals surface area contributed by atoms with Crippen LogP contribution in [0.4, 0.5) is 0 Å². The Hall–Kier alpha value is -2.11. The number of aromatic amines is 1. The second kappa shape index (κ2) is 4.97. The first-order valence-electron chi connectivity index (χ1n) is 7.41. The second-order valence-electron chi connectivity index (χ2n) is 5.82. The van der Waals surface area contributed by atoms with Gasteiger partial charge in [-0.3, -0.25) is 0 Å². The zero-order valence-electron chi connectivity index (χ0n) is 12.6. The molecule has 5 nitrogen and oxygen atoms in total. The third kappa shape index (κ3) is 1.82. The lowest BCUT2D eigenvalue weighted by Crippen LogP contribution is -2.46. The lowest BCUT2D eigenvalue weighted by molar-refractivity contribution is -0.166. The number of ether oxygens (including phenoxy) is 1. The topological polar surface area (TPSA) is 54.6 Å². The number of hydrogen-bond donors (Lipinski definition) is 1. The molecule has 2 heterocycles. The molecule has 1 aromatic carbocycles. The Morgan fingerprint density at radius 2 is 2.23 bits per heavy atom. The standard InChI is InChI=1S/C17H18N2O3/c1-21-17(20)11-6-13-12-4-3-5-14-16(12)10(8-18-14)7-15(13)19(9-11)22-2/h3-6,8,13,15,18H,7,9H2,1-2H3. The number of hydroxylamine groups is 2. The summed E-state index contributed by atoms with van der Waals surface area (Å²) in [7, 11) is 3.07. The molecule has 0 fully saturated rings. The number of carbonyl (C=O) groups excluding carboxylic acids is 1. The van der Waals surface area contributed by atoms with Gasteiger partial charge in [0.2, 0.25) is 0 Å². The Balaban J connectivity index is 1.88. The number of fused-ring (bicyclic) bond motifs is 2. The Bertz CT molecular complexity index is 777. The van der Waals surface area contributed by atoms with E-state index in [0.717, 1.165) is 11.9 Å². The smallest absolute Gasteiger partial charge is 0.334 e. The van der Waals surface area contributed by atoms with Crippen molar-refractivity contribution >= 4 is 16.9 Å². The van der Waals surface area contributed by atoms with Crippen LogP contribution in [0.2, 0.25) is 0 Å². The van der Waals surface area contributed by atoms with E-state index in [2.05, 4.69) is 35.5 Å². The van der Waals surface area contributed by atoms with Crippen LogP contribution in [0, 0.1) is 0 Å². The minimum absolute atomic E-state index is 0.134. The summed E-state index contributed by atoms with van der Waals surface area (Å²) in [6.07, 6.45) is 5.04. The first-order chi connectivity index (χ1) is 10.7. The number of methoxy groups -OCH3 is 1. The van der Waals surface area contributed by atoms with Crippen molar-refractivity contribution in [2.75, 3.05) is 20.8 Å². The molecular weight excluding hydrogens is 280 g/mol. The fourth-order valence-electron chi connectivity index (χ4n) is 3.78. The molecule has 2 aliphatic rings. The molecule has 114 valence electrons. The van der Waals surface area contributed by atoms with Crippen molar-refractivity contribution in [1.82, 2.24) is 10.0 Å². The Morgan fingerprint density at radius 1 is 1.36 bits per heavy atom.